The number of aromatic nitrogens is 3. The molecule has 0 spiro atoms. The van der Waals surface area contributed by atoms with E-state index in [9.17, 15) is 0 Å². The molecule has 0 radical (unpaired) electrons. The summed E-state index contributed by atoms with van der Waals surface area (Å²) in [6.45, 7) is 2.09. The van der Waals surface area contributed by atoms with Crippen molar-refractivity contribution in [2.24, 2.45) is 0 Å². The molecule has 1 aliphatic carbocycles. The van der Waals surface area contributed by atoms with Crippen LogP contribution >= 0.6 is 0 Å². The van der Waals surface area contributed by atoms with Crippen molar-refractivity contribution in [3.05, 3.63) is 41.2 Å². The molecule has 2 heterocycles. The number of rotatable bonds is 0. The summed E-state index contributed by atoms with van der Waals surface area (Å²) in [6.07, 6.45) is 2.12. The standard InChI is InChI=1S/C14H13N3/c1-8-13-12(17-16-8)7-6-10-9-4-2-3-5-11(9)15-14(10)13/h2-5,15H,6-7H2,1H3,(H,16,17). The number of H-pyrrole nitrogens is 2. The molecular formula is C14H13N3. The van der Waals surface area contributed by atoms with Crippen LogP contribution in [-0.2, 0) is 12.8 Å². The van der Waals surface area contributed by atoms with Crippen molar-refractivity contribution in [2.45, 2.75) is 19.8 Å². The van der Waals surface area contributed by atoms with Crippen LogP contribution in [0.5, 0.6) is 0 Å². The summed E-state index contributed by atoms with van der Waals surface area (Å²) >= 11 is 0. The molecule has 4 rings (SSSR count). The van der Waals surface area contributed by atoms with Gasteiger partial charge in [0.1, 0.15) is 0 Å². The lowest BCUT2D eigenvalue weighted by molar-refractivity contribution is 0.884. The average Bonchev–Trinajstić information content (AvgIpc) is 2.90. The molecule has 0 fully saturated rings. The van der Waals surface area contributed by atoms with Crippen molar-refractivity contribution in [2.75, 3.05) is 0 Å². The topological polar surface area (TPSA) is 44.5 Å². The van der Waals surface area contributed by atoms with Gasteiger partial charge in [-0.2, -0.15) is 5.10 Å². The average molecular weight is 223 g/mol. The maximum Gasteiger partial charge on any atom is 0.0721 e. The molecule has 0 atom stereocenters. The molecule has 0 amide bonds. The lowest BCUT2D eigenvalue weighted by atomic mass is 9.92. The van der Waals surface area contributed by atoms with Gasteiger partial charge in [-0.3, -0.25) is 5.10 Å². The van der Waals surface area contributed by atoms with Crippen LogP contribution in [0.4, 0.5) is 0 Å². The van der Waals surface area contributed by atoms with Crippen LogP contribution in [0.2, 0.25) is 0 Å². The van der Waals surface area contributed by atoms with Gasteiger partial charge in [-0.25, -0.2) is 0 Å². The van der Waals surface area contributed by atoms with Crippen molar-refractivity contribution in [1.82, 2.24) is 15.2 Å². The summed E-state index contributed by atoms with van der Waals surface area (Å²) in [4.78, 5) is 3.54. The van der Waals surface area contributed by atoms with Crippen molar-refractivity contribution in [3.8, 4) is 11.3 Å². The van der Waals surface area contributed by atoms with Gasteiger partial charge in [0.05, 0.1) is 11.4 Å². The number of aryl methyl sites for hydroxylation is 3. The molecule has 0 saturated heterocycles. The van der Waals surface area contributed by atoms with Crippen LogP contribution in [0.1, 0.15) is 17.0 Å². The summed E-state index contributed by atoms with van der Waals surface area (Å²) in [7, 11) is 0. The maximum atomic E-state index is 4.38. The number of benzene rings is 1. The first-order valence-electron chi connectivity index (χ1n) is 5.98. The van der Waals surface area contributed by atoms with Crippen LogP contribution in [0.3, 0.4) is 0 Å². The first kappa shape index (κ1) is 9.05. The number of aromatic amines is 2. The van der Waals surface area contributed by atoms with Gasteiger partial charge in [-0.05, 0) is 31.4 Å². The summed E-state index contributed by atoms with van der Waals surface area (Å²) in [5.74, 6) is 0. The van der Waals surface area contributed by atoms with E-state index in [0.717, 1.165) is 18.5 Å². The smallest absolute Gasteiger partial charge is 0.0721 e. The Hall–Kier alpha value is -2.03. The molecule has 0 aliphatic heterocycles. The lowest BCUT2D eigenvalue weighted by Gasteiger charge is -2.11. The molecule has 17 heavy (non-hydrogen) atoms. The zero-order valence-corrected chi connectivity index (χ0v) is 9.67. The molecule has 1 aliphatic rings. The minimum Gasteiger partial charge on any atom is -0.354 e. The zero-order valence-electron chi connectivity index (χ0n) is 9.67. The highest BCUT2D eigenvalue weighted by Gasteiger charge is 2.23. The molecule has 0 unspecified atom stereocenters. The van der Waals surface area contributed by atoms with Crippen LogP contribution in [0.25, 0.3) is 22.2 Å². The number of nitrogens with zero attached hydrogens (tertiary/aromatic N) is 1. The van der Waals surface area contributed by atoms with E-state index < -0.39 is 0 Å². The predicted octanol–water partition coefficient (Wildman–Crippen LogP) is 2.97. The molecule has 3 nitrogen and oxygen atoms in total. The Labute approximate surface area is 98.9 Å². The fraction of sp³-hybridized carbons (Fsp3) is 0.214. The van der Waals surface area contributed by atoms with Gasteiger partial charge in [-0.1, -0.05) is 18.2 Å². The maximum absolute atomic E-state index is 4.38. The van der Waals surface area contributed by atoms with Crippen molar-refractivity contribution < 1.29 is 0 Å². The Bertz CT molecular complexity index is 718. The van der Waals surface area contributed by atoms with E-state index in [2.05, 4.69) is 46.4 Å². The van der Waals surface area contributed by atoms with Crippen molar-refractivity contribution in [1.29, 1.82) is 0 Å². The third-order valence-corrected chi connectivity index (χ3v) is 3.70. The fourth-order valence-electron chi connectivity index (χ4n) is 2.91. The third kappa shape index (κ3) is 1.08. The number of nitrogens with one attached hydrogen (secondary N) is 2. The van der Waals surface area contributed by atoms with E-state index in [1.165, 1.54) is 33.4 Å². The van der Waals surface area contributed by atoms with Gasteiger partial charge in [0.15, 0.2) is 0 Å². The normalized spacial score (nSPS) is 13.7. The number of hydrogen-bond acceptors (Lipinski definition) is 1. The Morgan fingerprint density at radius 3 is 3.00 bits per heavy atom. The van der Waals surface area contributed by atoms with E-state index in [1.807, 2.05) is 0 Å². The van der Waals surface area contributed by atoms with E-state index in [1.54, 1.807) is 0 Å². The van der Waals surface area contributed by atoms with Crippen LogP contribution < -0.4 is 0 Å². The molecule has 2 aromatic heterocycles. The predicted molar refractivity (Wildman–Crippen MR) is 68.0 cm³/mol. The molecule has 3 aromatic rings. The van der Waals surface area contributed by atoms with E-state index in [4.69, 9.17) is 0 Å². The van der Waals surface area contributed by atoms with Gasteiger partial charge in [-0.15, -0.1) is 0 Å². The first-order valence-corrected chi connectivity index (χ1v) is 5.98. The summed E-state index contributed by atoms with van der Waals surface area (Å²) in [5.41, 5.74) is 7.57. The molecule has 0 bridgehead atoms. The highest BCUT2D eigenvalue weighted by Crippen LogP contribution is 2.37. The molecule has 84 valence electrons. The monoisotopic (exact) mass is 223 g/mol. The number of hydrogen-bond donors (Lipinski definition) is 2. The highest BCUT2D eigenvalue weighted by atomic mass is 15.1. The summed E-state index contributed by atoms with van der Waals surface area (Å²) in [6, 6.07) is 8.52. The molecule has 2 N–H and O–H groups in total. The quantitative estimate of drug-likeness (QED) is 0.604. The van der Waals surface area contributed by atoms with Crippen molar-refractivity contribution >= 4 is 10.9 Å². The SMILES string of the molecule is Cc1[nH]nc2c1-c1[nH]c3ccccc3c1CC2. The number of fused-ring (bicyclic) bond motifs is 5. The largest absolute Gasteiger partial charge is 0.354 e. The Morgan fingerprint density at radius 2 is 2.06 bits per heavy atom. The van der Waals surface area contributed by atoms with E-state index in [0.29, 0.717) is 0 Å². The Morgan fingerprint density at radius 1 is 1.18 bits per heavy atom. The van der Waals surface area contributed by atoms with Crippen LogP contribution in [-0.4, -0.2) is 15.2 Å². The Balaban J connectivity index is 2.13. The third-order valence-electron chi connectivity index (χ3n) is 3.70. The van der Waals surface area contributed by atoms with Gasteiger partial charge in [0.25, 0.3) is 0 Å². The first-order chi connectivity index (χ1) is 8.34. The zero-order chi connectivity index (χ0) is 11.4. The van der Waals surface area contributed by atoms with Gasteiger partial charge in [0, 0.05) is 22.2 Å². The second-order valence-electron chi connectivity index (χ2n) is 4.69. The van der Waals surface area contributed by atoms with Crippen LogP contribution in [0, 0.1) is 6.92 Å². The van der Waals surface area contributed by atoms with Crippen LogP contribution in [0.15, 0.2) is 24.3 Å². The fourth-order valence-corrected chi connectivity index (χ4v) is 2.91. The molecule has 0 saturated carbocycles. The van der Waals surface area contributed by atoms with E-state index >= 15 is 0 Å². The van der Waals surface area contributed by atoms with Crippen molar-refractivity contribution in [3.63, 3.8) is 0 Å². The second-order valence-corrected chi connectivity index (χ2v) is 4.69. The van der Waals surface area contributed by atoms with Gasteiger partial charge in [0.2, 0.25) is 0 Å². The minimum absolute atomic E-state index is 1.04. The van der Waals surface area contributed by atoms with E-state index in [-0.39, 0.29) is 0 Å². The summed E-state index contributed by atoms with van der Waals surface area (Å²) < 4.78 is 0. The molecule has 3 heteroatoms. The van der Waals surface area contributed by atoms with Gasteiger partial charge >= 0.3 is 0 Å². The van der Waals surface area contributed by atoms with Gasteiger partial charge < -0.3 is 4.98 Å². The second kappa shape index (κ2) is 3.00. The Kier molecular flexibility index (Phi) is 1.60. The highest BCUT2D eigenvalue weighted by molar-refractivity contribution is 5.92. The molecule has 1 aromatic carbocycles. The number of para-hydroxylation sites is 1. The minimum atomic E-state index is 1.04. The lowest BCUT2D eigenvalue weighted by Crippen LogP contribution is -2.02. The summed E-state index contributed by atoms with van der Waals surface area (Å²) in [5, 5.41) is 8.83. The molecular weight excluding hydrogens is 210 g/mol.